The van der Waals surface area contributed by atoms with Crippen LogP contribution in [0.2, 0.25) is 0 Å². The van der Waals surface area contributed by atoms with Crippen LogP contribution in [0.4, 0.5) is 4.79 Å². The van der Waals surface area contributed by atoms with E-state index in [9.17, 15) is 19.5 Å². The third kappa shape index (κ3) is 11.1. The van der Waals surface area contributed by atoms with E-state index >= 15 is 0 Å². The Morgan fingerprint density at radius 1 is 1.06 bits per heavy atom. The van der Waals surface area contributed by atoms with Crippen molar-refractivity contribution in [3.63, 3.8) is 0 Å². The fourth-order valence-corrected chi connectivity index (χ4v) is 2.82. The Hall–Kier alpha value is -3.46. The number of aromatic nitrogens is 2. The molecule has 0 aliphatic rings. The van der Waals surface area contributed by atoms with E-state index in [4.69, 9.17) is 32.6 Å². The zero-order valence-electron chi connectivity index (χ0n) is 18.3. The maximum absolute atomic E-state index is 12.5. The lowest BCUT2D eigenvalue weighted by molar-refractivity contribution is -0.139. The first-order valence-electron chi connectivity index (χ1n) is 10.5. The lowest BCUT2D eigenvalue weighted by Gasteiger charge is -2.19. The van der Waals surface area contributed by atoms with Crippen LogP contribution < -0.4 is 33.6 Å². The molecule has 0 aliphatic heterocycles. The van der Waals surface area contributed by atoms with Crippen molar-refractivity contribution in [3.8, 4) is 0 Å². The molecule has 0 aliphatic carbocycles. The van der Waals surface area contributed by atoms with Crippen molar-refractivity contribution in [3.05, 3.63) is 11.7 Å². The first-order chi connectivity index (χ1) is 15.6. The fourth-order valence-electron chi connectivity index (χ4n) is 2.82. The number of carbonyl (C=O) groups is 3. The molecule has 0 bridgehead atoms. The molecule has 1 aromatic heterocycles. The normalized spacial score (nSPS) is 13.5. The average Bonchev–Trinajstić information content (AvgIpc) is 3.23. The van der Waals surface area contributed by atoms with Gasteiger partial charge in [-0.25, -0.2) is 9.59 Å². The molecule has 2 amide bonds. The van der Waals surface area contributed by atoms with E-state index in [-0.39, 0.29) is 43.5 Å². The zero-order chi connectivity index (χ0) is 24.8. The molecule has 186 valence electrons. The molecule has 1 aromatic rings. The number of carboxylic acids is 2. The van der Waals surface area contributed by atoms with Gasteiger partial charge in [0.15, 0.2) is 11.8 Å². The molecule has 12 N–H and O–H groups in total. The van der Waals surface area contributed by atoms with Gasteiger partial charge >= 0.3 is 18.0 Å². The topological polar surface area (TPSA) is 271 Å². The Morgan fingerprint density at radius 2 is 1.79 bits per heavy atom. The summed E-state index contributed by atoms with van der Waals surface area (Å²) in [6.07, 6.45) is 2.04. The molecule has 1 heterocycles. The monoisotopic (exact) mass is 471 g/mol. The summed E-state index contributed by atoms with van der Waals surface area (Å²) in [5.41, 5.74) is 21.9. The van der Waals surface area contributed by atoms with E-state index in [0.29, 0.717) is 32.2 Å². The highest BCUT2D eigenvalue weighted by atomic mass is 16.5. The Balaban J connectivity index is 2.87. The minimum Gasteiger partial charge on any atom is -0.481 e. The summed E-state index contributed by atoms with van der Waals surface area (Å²) in [7, 11) is 0. The zero-order valence-corrected chi connectivity index (χ0v) is 18.3. The molecule has 0 radical (unpaired) electrons. The van der Waals surface area contributed by atoms with Crippen LogP contribution in [0.25, 0.3) is 0 Å². The second-order valence-electron chi connectivity index (χ2n) is 7.32. The number of guanidine groups is 1. The lowest BCUT2D eigenvalue weighted by atomic mass is 10.1. The Morgan fingerprint density at radius 3 is 2.39 bits per heavy atom. The van der Waals surface area contributed by atoms with Crippen LogP contribution >= 0.6 is 0 Å². The summed E-state index contributed by atoms with van der Waals surface area (Å²) in [6, 6.07) is -3.39. The fraction of sp³-hybridized carbons (Fsp3) is 0.667. The van der Waals surface area contributed by atoms with Crippen LogP contribution in [0.3, 0.4) is 0 Å². The van der Waals surface area contributed by atoms with Gasteiger partial charge in [0.2, 0.25) is 5.89 Å². The summed E-state index contributed by atoms with van der Waals surface area (Å²) < 4.78 is 5.22. The van der Waals surface area contributed by atoms with Gasteiger partial charge in [0.1, 0.15) is 12.1 Å². The maximum Gasteiger partial charge on any atom is 0.326 e. The van der Waals surface area contributed by atoms with Crippen molar-refractivity contribution < 1.29 is 29.1 Å². The van der Waals surface area contributed by atoms with Gasteiger partial charge in [0, 0.05) is 13.0 Å². The van der Waals surface area contributed by atoms with Crippen LogP contribution in [0.1, 0.15) is 68.7 Å². The van der Waals surface area contributed by atoms with E-state index in [1.165, 1.54) is 0 Å². The van der Waals surface area contributed by atoms with Crippen molar-refractivity contribution in [2.24, 2.45) is 27.9 Å². The number of carboxylic acid groups (broad SMARTS) is 2. The van der Waals surface area contributed by atoms with Gasteiger partial charge in [-0.05, 0) is 45.1 Å². The molecule has 0 aromatic carbocycles. The van der Waals surface area contributed by atoms with Crippen molar-refractivity contribution in [1.29, 1.82) is 0 Å². The third-order valence-electron chi connectivity index (χ3n) is 4.56. The number of rotatable bonds is 16. The standard InChI is InChI=1S/C18H33N9O6/c19-8-2-1-4-12(16(30)31)25-18(32)24-11(5-3-9-23-17(21)22)15-26-14(27-33-15)10(20)6-7-13(28)29/h10-12H,1-9,19-20H2,(H,28,29)(H,30,31)(H4,21,22,23)(H2,24,25,32)/t10-,11-,12-/m0/s1. The van der Waals surface area contributed by atoms with Crippen molar-refractivity contribution >= 4 is 23.9 Å². The first-order valence-corrected chi connectivity index (χ1v) is 10.5. The molecule has 3 atom stereocenters. The summed E-state index contributed by atoms with van der Waals surface area (Å²) in [5.74, 6) is -2.14. The van der Waals surface area contributed by atoms with E-state index < -0.39 is 36.1 Å². The minimum atomic E-state index is -1.17. The van der Waals surface area contributed by atoms with Gasteiger partial charge in [-0.15, -0.1) is 0 Å². The number of aliphatic imine (C=N–C) groups is 1. The van der Waals surface area contributed by atoms with Crippen LogP contribution in [-0.4, -0.2) is 63.4 Å². The van der Waals surface area contributed by atoms with Crippen LogP contribution in [0.5, 0.6) is 0 Å². The summed E-state index contributed by atoms with van der Waals surface area (Å²) in [6.45, 7) is 0.697. The lowest BCUT2D eigenvalue weighted by Crippen LogP contribution is -2.47. The summed E-state index contributed by atoms with van der Waals surface area (Å²) in [4.78, 5) is 42.7. The van der Waals surface area contributed by atoms with Gasteiger partial charge in [-0.3, -0.25) is 9.79 Å². The van der Waals surface area contributed by atoms with Gasteiger partial charge in [-0.1, -0.05) is 5.16 Å². The van der Waals surface area contributed by atoms with E-state index in [1.807, 2.05) is 0 Å². The molecule has 1 rings (SSSR count). The molecular formula is C18H33N9O6. The van der Waals surface area contributed by atoms with Crippen molar-refractivity contribution in [2.45, 2.75) is 63.1 Å². The third-order valence-corrected chi connectivity index (χ3v) is 4.56. The van der Waals surface area contributed by atoms with Crippen molar-refractivity contribution in [2.75, 3.05) is 13.1 Å². The second-order valence-corrected chi connectivity index (χ2v) is 7.32. The molecule has 15 nitrogen and oxygen atoms in total. The predicted molar refractivity (Wildman–Crippen MR) is 117 cm³/mol. The molecule has 15 heteroatoms. The predicted octanol–water partition coefficient (Wildman–Crippen LogP) is -1.09. The molecule has 0 unspecified atom stereocenters. The highest BCUT2D eigenvalue weighted by Gasteiger charge is 2.26. The smallest absolute Gasteiger partial charge is 0.326 e. The van der Waals surface area contributed by atoms with Gasteiger partial charge in [-0.2, -0.15) is 4.98 Å². The number of unbranched alkanes of at least 4 members (excludes halogenated alkanes) is 1. The Kier molecular flexibility index (Phi) is 12.2. The van der Waals surface area contributed by atoms with E-state index in [1.54, 1.807) is 0 Å². The summed E-state index contributed by atoms with van der Waals surface area (Å²) >= 11 is 0. The number of hydrogen-bond donors (Lipinski definition) is 8. The van der Waals surface area contributed by atoms with Gasteiger partial charge < -0.3 is 48.3 Å². The quantitative estimate of drug-likeness (QED) is 0.0811. The molecular weight excluding hydrogens is 438 g/mol. The van der Waals surface area contributed by atoms with Crippen LogP contribution in [-0.2, 0) is 9.59 Å². The Bertz CT molecular complexity index is 796. The number of nitrogens with one attached hydrogen (secondary N) is 2. The molecule has 0 fully saturated rings. The van der Waals surface area contributed by atoms with Gasteiger partial charge in [0.25, 0.3) is 0 Å². The molecule has 0 spiro atoms. The number of urea groups is 1. The Labute approximate surface area is 190 Å². The van der Waals surface area contributed by atoms with Crippen molar-refractivity contribution in [1.82, 2.24) is 20.8 Å². The maximum atomic E-state index is 12.5. The largest absolute Gasteiger partial charge is 0.481 e. The number of amides is 2. The second kappa shape index (κ2) is 14.6. The molecule has 0 saturated carbocycles. The SMILES string of the molecule is NCCCC[C@H](NC(=O)N[C@@H](CCCN=C(N)N)c1nc([C@@H](N)CCC(=O)O)no1)C(=O)O. The number of hydrogen-bond acceptors (Lipinski definition) is 9. The van der Waals surface area contributed by atoms with E-state index in [0.717, 1.165) is 0 Å². The molecule has 0 saturated heterocycles. The van der Waals surface area contributed by atoms with E-state index in [2.05, 4.69) is 25.8 Å². The van der Waals surface area contributed by atoms with Gasteiger partial charge in [0.05, 0.1) is 6.04 Å². The number of nitrogens with zero attached hydrogens (tertiary/aromatic N) is 3. The number of aliphatic carboxylic acids is 2. The summed E-state index contributed by atoms with van der Waals surface area (Å²) in [5, 5.41) is 26.9. The highest BCUT2D eigenvalue weighted by molar-refractivity contribution is 5.82. The number of nitrogens with two attached hydrogens (primary N) is 4. The molecule has 33 heavy (non-hydrogen) atoms. The minimum absolute atomic E-state index is 0.0330. The average molecular weight is 472 g/mol. The van der Waals surface area contributed by atoms with Crippen LogP contribution in [0, 0.1) is 0 Å². The van der Waals surface area contributed by atoms with Crippen LogP contribution in [0.15, 0.2) is 9.52 Å². The highest BCUT2D eigenvalue weighted by Crippen LogP contribution is 2.20. The number of carbonyl (C=O) groups excluding carboxylic acids is 1. The first kappa shape index (κ1) is 27.6.